The Morgan fingerprint density at radius 2 is 2.11 bits per heavy atom. The minimum Gasteiger partial charge on any atom is -0.478 e. The molecule has 0 saturated carbocycles. The Morgan fingerprint density at radius 3 is 2.68 bits per heavy atom. The molecule has 1 aromatic rings. The zero-order valence-electron chi connectivity index (χ0n) is 11.9. The third kappa shape index (κ3) is 3.16. The predicted octanol–water partition coefficient (Wildman–Crippen LogP) is 3.40. The second-order valence-corrected chi connectivity index (χ2v) is 5.67. The maximum atomic E-state index is 11.0. The van der Waals surface area contributed by atoms with Gasteiger partial charge in [-0.2, -0.15) is 0 Å². The van der Waals surface area contributed by atoms with Gasteiger partial charge in [0.15, 0.2) is 0 Å². The number of rotatable bonds is 5. The van der Waals surface area contributed by atoms with E-state index >= 15 is 0 Å². The molecule has 1 saturated heterocycles. The van der Waals surface area contributed by atoms with Crippen LogP contribution in [0.3, 0.4) is 0 Å². The smallest absolute Gasteiger partial charge is 0.335 e. The number of nitrogens with zero attached hydrogens (tertiary/aromatic N) is 1. The molecule has 0 amide bonds. The molecule has 0 aromatic heterocycles. The highest BCUT2D eigenvalue weighted by atomic mass is 16.4. The summed E-state index contributed by atoms with van der Waals surface area (Å²) in [6, 6.07) is 7.30. The first kappa shape index (κ1) is 14.1. The summed E-state index contributed by atoms with van der Waals surface area (Å²) in [4.78, 5) is 13.4. The van der Waals surface area contributed by atoms with Crippen LogP contribution in [-0.2, 0) is 6.54 Å². The Hall–Kier alpha value is -1.35. The summed E-state index contributed by atoms with van der Waals surface area (Å²) in [7, 11) is 0. The molecule has 1 N–H and O–H groups in total. The van der Waals surface area contributed by atoms with E-state index in [1.165, 1.54) is 19.3 Å². The Morgan fingerprint density at radius 1 is 1.37 bits per heavy atom. The van der Waals surface area contributed by atoms with Crippen LogP contribution in [0.4, 0.5) is 0 Å². The average Bonchev–Trinajstić information content (AvgIpc) is 2.83. The normalized spacial score (nSPS) is 18.6. The fourth-order valence-electron chi connectivity index (χ4n) is 3.05. The van der Waals surface area contributed by atoms with E-state index in [4.69, 9.17) is 5.11 Å². The molecule has 0 spiro atoms. The van der Waals surface area contributed by atoms with Crippen molar-refractivity contribution in [1.82, 2.24) is 4.90 Å². The van der Waals surface area contributed by atoms with Crippen LogP contribution in [0.15, 0.2) is 24.3 Å². The summed E-state index contributed by atoms with van der Waals surface area (Å²) in [5.41, 5.74) is 1.96. The molecule has 3 heteroatoms. The van der Waals surface area contributed by atoms with E-state index in [1.807, 2.05) is 12.1 Å². The number of hydrogen-bond donors (Lipinski definition) is 1. The molecule has 0 atom stereocenters. The second-order valence-electron chi connectivity index (χ2n) is 5.67. The Bertz CT molecular complexity index is 452. The van der Waals surface area contributed by atoms with Crippen LogP contribution in [0, 0.1) is 5.41 Å². The lowest BCUT2D eigenvalue weighted by molar-refractivity contribution is 0.0696. The molecule has 2 rings (SSSR count). The van der Waals surface area contributed by atoms with E-state index in [0.29, 0.717) is 11.0 Å². The van der Waals surface area contributed by atoms with Crippen molar-refractivity contribution >= 4 is 5.97 Å². The molecule has 0 aliphatic carbocycles. The molecule has 1 aliphatic rings. The SMILES string of the molecule is CCC1(CC)CCN(Cc2cccc(C(=O)O)c2)C1. The van der Waals surface area contributed by atoms with E-state index in [0.717, 1.165) is 25.2 Å². The molecule has 0 bridgehead atoms. The molecule has 3 nitrogen and oxygen atoms in total. The lowest BCUT2D eigenvalue weighted by Gasteiger charge is -2.26. The van der Waals surface area contributed by atoms with Crippen molar-refractivity contribution in [2.24, 2.45) is 5.41 Å². The van der Waals surface area contributed by atoms with Crippen molar-refractivity contribution in [3.63, 3.8) is 0 Å². The van der Waals surface area contributed by atoms with Crippen molar-refractivity contribution in [3.8, 4) is 0 Å². The molecular formula is C16H23NO2. The highest BCUT2D eigenvalue weighted by molar-refractivity contribution is 5.87. The molecule has 1 aliphatic heterocycles. The van der Waals surface area contributed by atoms with Gasteiger partial charge in [0.05, 0.1) is 5.56 Å². The number of benzene rings is 1. The summed E-state index contributed by atoms with van der Waals surface area (Å²) in [6.07, 6.45) is 3.73. The van der Waals surface area contributed by atoms with Crippen molar-refractivity contribution in [3.05, 3.63) is 35.4 Å². The summed E-state index contributed by atoms with van der Waals surface area (Å²) < 4.78 is 0. The Labute approximate surface area is 115 Å². The molecule has 1 aromatic carbocycles. The fourth-order valence-corrected chi connectivity index (χ4v) is 3.05. The van der Waals surface area contributed by atoms with Gasteiger partial charge in [0.1, 0.15) is 0 Å². The standard InChI is InChI=1S/C16H23NO2/c1-3-16(4-2)8-9-17(12-16)11-13-6-5-7-14(10-13)15(18)19/h5-7,10H,3-4,8-9,11-12H2,1-2H3,(H,18,19). The van der Waals surface area contributed by atoms with E-state index < -0.39 is 5.97 Å². The Kier molecular flexibility index (Phi) is 4.25. The maximum absolute atomic E-state index is 11.0. The predicted molar refractivity (Wildman–Crippen MR) is 76.3 cm³/mol. The number of carboxylic acid groups (broad SMARTS) is 1. The van der Waals surface area contributed by atoms with E-state index in [1.54, 1.807) is 12.1 Å². The van der Waals surface area contributed by atoms with Gasteiger partial charge < -0.3 is 5.11 Å². The number of likely N-dealkylation sites (tertiary alicyclic amines) is 1. The van der Waals surface area contributed by atoms with Crippen molar-refractivity contribution < 1.29 is 9.90 Å². The van der Waals surface area contributed by atoms with Crippen molar-refractivity contribution in [1.29, 1.82) is 0 Å². The van der Waals surface area contributed by atoms with Gasteiger partial charge in [-0.3, -0.25) is 4.90 Å². The first-order chi connectivity index (χ1) is 9.08. The van der Waals surface area contributed by atoms with Crippen molar-refractivity contribution in [2.75, 3.05) is 13.1 Å². The van der Waals surface area contributed by atoms with Crippen LogP contribution < -0.4 is 0 Å². The third-order valence-electron chi connectivity index (χ3n) is 4.60. The van der Waals surface area contributed by atoms with Crippen LogP contribution in [0.25, 0.3) is 0 Å². The molecule has 0 radical (unpaired) electrons. The zero-order chi connectivity index (χ0) is 13.9. The van der Waals surface area contributed by atoms with Gasteiger partial charge in [-0.15, -0.1) is 0 Å². The molecular weight excluding hydrogens is 238 g/mol. The lowest BCUT2D eigenvalue weighted by atomic mass is 9.82. The highest BCUT2D eigenvalue weighted by Crippen LogP contribution is 2.37. The monoisotopic (exact) mass is 261 g/mol. The minimum atomic E-state index is -0.847. The number of carboxylic acids is 1. The van der Waals surface area contributed by atoms with Crippen molar-refractivity contribution in [2.45, 2.75) is 39.7 Å². The van der Waals surface area contributed by atoms with Gasteiger partial charge in [-0.05, 0) is 48.9 Å². The zero-order valence-corrected chi connectivity index (χ0v) is 11.9. The second kappa shape index (κ2) is 5.74. The van der Waals surface area contributed by atoms with Crippen LogP contribution in [0.5, 0.6) is 0 Å². The number of hydrogen-bond acceptors (Lipinski definition) is 2. The molecule has 19 heavy (non-hydrogen) atoms. The molecule has 104 valence electrons. The van der Waals surface area contributed by atoms with Crippen LogP contribution in [0.1, 0.15) is 49.0 Å². The fraction of sp³-hybridized carbons (Fsp3) is 0.562. The minimum absolute atomic E-state index is 0.383. The van der Waals surface area contributed by atoms with Gasteiger partial charge in [-0.1, -0.05) is 26.0 Å². The van der Waals surface area contributed by atoms with Gasteiger partial charge in [0.2, 0.25) is 0 Å². The number of carbonyl (C=O) groups is 1. The third-order valence-corrected chi connectivity index (χ3v) is 4.60. The Balaban J connectivity index is 2.03. The van der Waals surface area contributed by atoms with Gasteiger partial charge in [0.25, 0.3) is 0 Å². The molecule has 0 unspecified atom stereocenters. The first-order valence-electron chi connectivity index (χ1n) is 7.13. The summed E-state index contributed by atoms with van der Waals surface area (Å²) >= 11 is 0. The highest BCUT2D eigenvalue weighted by Gasteiger charge is 2.34. The largest absolute Gasteiger partial charge is 0.478 e. The molecule has 1 fully saturated rings. The topological polar surface area (TPSA) is 40.5 Å². The average molecular weight is 261 g/mol. The van der Waals surface area contributed by atoms with Crippen LogP contribution in [-0.4, -0.2) is 29.1 Å². The van der Waals surface area contributed by atoms with E-state index in [-0.39, 0.29) is 0 Å². The summed E-state index contributed by atoms with van der Waals surface area (Å²) in [6.45, 7) is 7.68. The van der Waals surface area contributed by atoms with Gasteiger partial charge in [0, 0.05) is 13.1 Å². The van der Waals surface area contributed by atoms with Gasteiger partial charge in [-0.25, -0.2) is 4.79 Å². The summed E-state index contributed by atoms with van der Waals surface area (Å²) in [5, 5.41) is 9.02. The maximum Gasteiger partial charge on any atom is 0.335 e. The van der Waals surface area contributed by atoms with Crippen LogP contribution in [0.2, 0.25) is 0 Å². The lowest BCUT2D eigenvalue weighted by Crippen LogP contribution is -2.26. The van der Waals surface area contributed by atoms with Crippen LogP contribution >= 0.6 is 0 Å². The molecule has 1 heterocycles. The van der Waals surface area contributed by atoms with Gasteiger partial charge >= 0.3 is 5.97 Å². The van der Waals surface area contributed by atoms with E-state index in [2.05, 4.69) is 18.7 Å². The first-order valence-corrected chi connectivity index (χ1v) is 7.13. The number of aromatic carboxylic acids is 1. The quantitative estimate of drug-likeness (QED) is 0.883. The summed E-state index contributed by atoms with van der Waals surface area (Å²) in [5.74, 6) is -0.847. The van der Waals surface area contributed by atoms with E-state index in [9.17, 15) is 4.79 Å².